The number of ether oxygens (including phenoxy) is 2. The zero-order valence-corrected chi connectivity index (χ0v) is 15.5. The molecule has 3 rings (SSSR count). The summed E-state index contributed by atoms with van der Waals surface area (Å²) in [5.74, 6) is 1.94. The van der Waals surface area contributed by atoms with Gasteiger partial charge in [0.2, 0.25) is 11.7 Å². The van der Waals surface area contributed by atoms with Crippen LogP contribution in [0.3, 0.4) is 0 Å². The van der Waals surface area contributed by atoms with Crippen molar-refractivity contribution in [3.8, 4) is 22.2 Å². The van der Waals surface area contributed by atoms with E-state index in [2.05, 4.69) is 10.1 Å². The summed E-state index contributed by atoms with van der Waals surface area (Å²) in [6.45, 7) is 1.91. The quantitative estimate of drug-likeness (QED) is 0.633. The molecule has 0 bridgehead atoms. The lowest BCUT2D eigenvalue weighted by Gasteiger charge is -2.20. The lowest BCUT2D eigenvalue weighted by atomic mass is 10.3. The smallest absolute Gasteiger partial charge is 0.263 e. The van der Waals surface area contributed by atoms with Gasteiger partial charge < -0.3 is 18.9 Å². The molecular formula is C18H19N3O4S. The van der Waals surface area contributed by atoms with Gasteiger partial charge in [0.1, 0.15) is 11.5 Å². The number of thiophene rings is 1. The van der Waals surface area contributed by atoms with E-state index in [0.29, 0.717) is 23.2 Å². The van der Waals surface area contributed by atoms with Crippen LogP contribution in [0.25, 0.3) is 10.7 Å². The van der Waals surface area contributed by atoms with E-state index < -0.39 is 6.10 Å². The average Bonchev–Trinajstić information content (AvgIpc) is 3.32. The van der Waals surface area contributed by atoms with Crippen LogP contribution in [0.1, 0.15) is 12.8 Å². The number of hydrogen-bond acceptors (Lipinski definition) is 7. The Bertz CT molecular complexity index is 863. The molecule has 3 aromatic rings. The van der Waals surface area contributed by atoms with Crippen molar-refractivity contribution < 1.29 is 18.8 Å². The molecule has 26 heavy (non-hydrogen) atoms. The second-order valence-corrected chi connectivity index (χ2v) is 6.57. The molecule has 136 valence electrons. The number of methoxy groups -OCH3 is 1. The molecular weight excluding hydrogens is 354 g/mol. The van der Waals surface area contributed by atoms with Gasteiger partial charge in [-0.15, -0.1) is 11.3 Å². The Morgan fingerprint density at radius 3 is 2.85 bits per heavy atom. The highest BCUT2D eigenvalue weighted by Crippen LogP contribution is 2.22. The third-order valence-corrected chi connectivity index (χ3v) is 4.53. The number of rotatable bonds is 7. The molecule has 2 aromatic heterocycles. The predicted octanol–water partition coefficient (Wildman–Crippen LogP) is 3.23. The van der Waals surface area contributed by atoms with Crippen LogP contribution in [0.15, 0.2) is 46.3 Å². The van der Waals surface area contributed by atoms with Gasteiger partial charge in [-0.05, 0) is 30.5 Å². The number of aromatic nitrogens is 2. The highest BCUT2D eigenvalue weighted by molar-refractivity contribution is 7.13. The molecule has 0 aliphatic heterocycles. The number of hydrogen-bond donors (Lipinski definition) is 0. The van der Waals surface area contributed by atoms with E-state index in [-0.39, 0.29) is 12.5 Å². The molecule has 0 unspecified atom stereocenters. The molecule has 7 nitrogen and oxygen atoms in total. The minimum Gasteiger partial charge on any atom is -0.497 e. The Kier molecular flexibility index (Phi) is 5.52. The molecule has 0 N–H and O–H groups in total. The van der Waals surface area contributed by atoms with Gasteiger partial charge in [-0.25, -0.2) is 0 Å². The minimum atomic E-state index is -0.660. The number of nitrogens with zero attached hydrogens (tertiary/aromatic N) is 3. The number of carbonyl (C=O) groups excluding carboxylic acids is 1. The molecule has 1 aromatic carbocycles. The Balaban J connectivity index is 1.60. The highest BCUT2D eigenvalue weighted by Gasteiger charge is 2.21. The third-order valence-electron chi connectivity index (χ3n) is 3.66. The summed E-state index contributed by atoms with van der Waals surface area (Å²) >= 11 is 1.53. The van der Waals surface area contributed by atoms with Crippen LogP contribution in [0.5, 0.6) is 11.5 Å². The second kappa shape index (κ2) is 8.01. The third kappa shape index (κ3) is 4.20. The Hall–Kier alpha value is -2.87. The van der Waals surface area contributed by atoms with Gasteiger partial charge in [-0.1, -0.05) is 17.3 Å². The zero-order chi connectivity index (χ0) is 18.5. The van der Waals surface area contributed by atoms with Crippen molar-refractivity contribution in [1.82, 2.24) is 15.0 Å². The number of amides is 1. The molecule has 0 saturated carbocycles. The number of carbonyl (C=O) groups is 1. The molecule has 8 heteroatoms. The minimum absolute atomic E-state index is 0.191. The molecule has 1 amide bonds. The maximum Gasteiger partial charge on any atom is 0.263 e. The van der Waals surface area contributed by atoms with Gasteiger partial charge in [0.05, 0.1) is 18.5 Å². The number of likely N-dealkylation sites (N-methyl/N-ethyl adjacent to an activating group) is 1. The first kappa shape index (κ1) is 17.9. The predicted molar refractivity (Wildman–Crippen MR) is 97.2 cm³/mol. The Morgan fingerprint density at radius 1 is 1.31 bits per heavy atom. The largest absolute Gasteiger partial charge is 0.497 e. The van der Waals surface area contributed by atoms with E-state index in [1.807, 2.05) is 23.6 Å². The van der Waals surface area contributed by atoms with Gasteiger partial charge in [-0.2, -0.15) is 4.98 Å². The van der Waals surface area contributed by atoms with E-state index in [1.165, 1.54) is 16.2 Å². The van der Waals surface area contributed by atoms with E-state index in [1.54, 1.807) is 39.3 Å². The van der Waals surface area contributed by atoms with Crippen molar-refractivity contribution >= 4 is 17.2 Å². The summed E-state index contributed by atoms with van der Waals surface area (Å²) in [5.41, 5.74) is 0. The molecule has 0 saturated heterocycles. The van der Waals surface area contributed by atoms with Gasteiger partial charge in [0.15, 0.2) is 6.10 Å². The van der Waals surface area contributed by atoms with Crippen LogP contribution < -0.4 is 9.47 Å². The molecule has 0 fully saturated rings. The topological polar surface area (TPSA) is 77.7 Å². The van der Waals surface area contributed by atoms with E-state index >= 15 is 0 Å². The number of benzene rings is 1. The average molecular weight is 373 g/mol. The van der Waals surface area contributed by atoms with Crippen LogP contribution >= 0.6 is 11.3 Å². The summed E-state index contributed by atoms with van der Waals surface area (Å²) in [7, 11) is 3.25. The lowest BCUT2D eigenvalue weighted by molar-refractivity contribution is -0.137. The van der Waals surface area contributed by atoms with E-state index in [4.69, 9.17) is 14.0 Å². The van der Waals surface area contributed by atoms with Crippen molar-refractivity contribution in [3.63, 3.8) is 0 Å². The monoisotopic (exact) mass is 373 g/mol. The van der Waals surface area contributed by atoms with Gasteiger partial charge in [0, 0.05) is 13.1 Å². The van der Waals surface area contributed by atoms with Crippen molar-refractivity contribution in [2.75, 3.05) is 14.2 Å². The Morgan fingerprint density at radius 2 is 2.12 bits per heavy atom. The lowest BCUT2D eigenvalue weighted by Crippen LogP contribution is -2.37. The summed E-state index contributed by atoms with van der Waals surface area (Å²) < 4.78 is 16.1. The molecule has 0 spiro atoms. The van der Waals surface area contributed by atoms with Crippen LogP contribution in [-0.2, 0) is 11.3 Å². The fraction of sp³-hybridized carbons (Fsp3) is 0.278. The van der Waals surface area contributed by atoms with E-state index in [9.17, 15) is 4.79 Å². The molecule has 0 aliphatic carbocycles. The highest BCUT2D eigenvalue weighted by atomic mass is 32.1. The summed E-state index contributed by atoms with van der Waals surface area (Å²) in [6, 6.07) is 11.0. The van der Waals surface area contributed by atoms with Crippen LogP contribution in [0.4, 0.5) is 0 Å². The van der Waals surface area contributed by atoms with Crippen LogP contribution in [0, 0.1) is 0 Å². The first-order valence-electron chi connectivity index (χ1n) is 7.99. The molecule has 1 atom stereocenters. The van der Waals surface area contributed by atoms with Crippen molar-refractivity contribution in [2.45, 2.75) is 19.6 Å². The standard InChI is InChI=1S/C18H19N3O4S/c1-12(24-14-7-4-6-13(10-14)23-3)18(22)21(2)11-16-19-17(20-25-16)15-8-5-9-26-15/h4-10,12H,11H2,1-3H3/t12-/m1/s1. The van der Waals surface area contributed by atoms with Crippen LogP contribution in [-0.4, -0.2) is 41.2 Å². The summed E-state index contributed by atoms with van der Waals surface area (Å²) in [5, 5.41) is 5.89. The van der Waals surface area contributed by atoms with Gasteiger partial charge in [0.25, 0.3) is 5.91 Å². The molecule has 0 aliphatic rings. The first-order chi connectivity index (χ1) is 12.6. The molecule has 2 heterocycles. The Labute approximate surface area is 155 Å². The normalized spacial score (nSPS) is 11.8. The summed E-state index contributed by atoms with van der Waals surface area (Å²) in [4.78, 5) is 19.3. The van der Waals surface area contributed by atoms with Crippen molar-refractivity contribution in [3.05, 3.63) is 47.7 Å². The second-order valence-electron chi connectivity index (χ2n) is 5.62. The SMILES string of the molecule is COc1cccc(O[C@H](C)C(=O)N(C)Cc2nc(-c3cccs3)no2)c1. The van der Waals surface area contributed by atoms with Crippen LogP contribution in [0.2, 0.25) is 0 Å². The molecule has 0 radical (unpaired) electrons. The maximum atomic E-state index is 12.5. The van der Waals surface area contributed by atoms with Crippen molar-refractivity contribution in [1.29, 1.82) is 0 Å². The zero-order valence-electron chi connectivity index (χ0n) is 14.7. The van der Waals surface area contributed by atoms with Gasteiger partial charge >= 0.3 is 0 Å². The van der Waals surface area contributed by atoms with E-state index in [0.717, 1.165) is 4.88 Å². The fourth-order valence-electron chi connectivity index (χ4n) is 2.35. The van der Waals surface area contributed by atoms with Gasteiger partial charge in [-0.3, -0.25) is 4.79 Å². The first-order valence-corrected chi connectivity index (χ1v) is 8.87. The fourth-order valence-corrected chi connectivity index (χ4v) is 2.99. The maximum absolute atomic E-state index is 12.5. The summed E-state index contributed by atoms with van der Waals surface area (Å²) in [6.07, 6.45) is -0.660. The van der Waals surface area contributed by atoms with Crippen molar-refractivity contribution in [2.24, 2.45) is 0 Å².